The third kappa shape index (κ3) is 2.96. The number of ketones is 1. The number of fused-ring (bicyclic) bond motifs is 1. The fraction of sp³-hybridized carbons (Fsp3) is 0.200. The molecule has 6 nitrogen and oxygen atoms in total. The van der Waals surface area contributed by atoms with Crippen molar-refractivity contribution in [2.75, 3.05) is 0 Å². The smallest absolute Gasteiger partial charge is 0.383 e. The molecule has 1 atom stereocenters. The van der Waals surface area contributed by atoms with Crippen LogP contribution < -0.4 is 4.74 Å². The summed E-state index contributed by atoms with van der Waals surface area (Å²) < 4.78 is 33.9. The zero-order valence-corrected chi connectivity index (χ0v) is 15.1. The Hall–Kier alpha value is -3.42. The molecule has 142 valence electrons. The van der Waals surface area contributed by atoms with E-state index in [1.54, 1.807) is 13.8 Å². The number of aryl methyl sites for hydroxylation is 1. The van der Waals surface area contributed by atoms with Crippen molar-refractivity contribution < 1.29 is 23.1 Å². The number of carbonyl (C=O) groups excluding carboxylic acids is 2. The molecule has 0 N–H and O–H groups in total. The molecular weight excluding hydrogens is 368 g/mol. The van der Waals surface area contributed by atoms with Crippen molar-refractivity contribution in [3.63, 3.8) is 0 Å². The predicted octanol–water partition coefficient (Wildman–Crippen LogP) is 3.76. The Kier molecular flexibility index (Phi) is 4.26. The van der Waals surface area contributed by atoms with Gasteiger partial charge in [-0.05, 0) is 49.2 Å². The molecule has 28 heavy (non-hydrogen) atoms. The molecular formula is C20H15F2N3O3. The molecule has 1 aliphatic rings. The summed E-state index contributed by atoms with van der Waals surface area (Å²) in [6.45, 7) is 3.38. The first-order valence-corrected chi connectivity index (χ1v) is 8.62. The second kappa shape index (κ2) is 6.63. The van der Waals surface area contributed by atoms with Crippen molar-refractivity contribution >= 4 is 11.8 Å². The van der Waals surface area contributed by atoms with Crippen LogP contribution in [0.3, 0.4) is 0 Å². The van der Waals surface area contributed by atoms with Gasteiger partial charge in [-0.25, -0.2) is 23.2 Å². The first-order chi connectivity index (χ1) is 13.3. The van der Waals surface area contributed by atoms with Crippen LogP contribution in [-0.2, 0) is 0 Å². The van der Waals surface area contributed by atoms with Gasteiger partial charge in [0.05, 0.1) is 11.3 Å². The molecule has 1 heterocycles. The number of halogens is 2. The number of hydrogen-bond donors (Lipinski definition) is 0. The van der Waals surface area contributed by atoms with Crippen LogP contribution in [0.25, 0.3) is 5.69 Å². The molecule has 0 saturated heterocycles. The summed E-state index contributed by atoms with van der Waals surface area (Å²) in [7, 11) is 0. The number of hydrogen-bond acceptors (Lipinski definition) is 5. The normalized spacial score (nSPS) is 15.6. The van der Waals surface area contributed by atoms with Gasteiger partial charge in [-0.15, -0.1) is 5.10 Å². The Morgan fingerprint density at radius 2 is 1.89 bits per heavy atom. The largest absolute Gasteiger partial charge is 0.420 e. The molecule has 0 fully saturated rings. The minimum Gasteiger partial charge on any atom is -0.420 e. The third-order valence-electron chi connectivity index (χ3n) is 4.64. The minimum atomic E-state index is -0.870. The van der Waals surface area contributed by atoms with Gasteiger partial charge in [0.25, 0.3) is 5.82 Å². The van der Waals surface area contributed by atoms with Gasteiger partial charge < -0.3 is 4.74 Å². The van der Waals surface area contributed by atoms with Crippen molar-refractivity contribution in [2.45, 2.75) is 26.2 Å². The van der Waals surface area contributed by atoms with Crippen LogP contribution in [-0.4, -0.2) is 26.5 Å². The van der Waals surface area contributed by atoms with E-state index in [2.05, 4.69) is 10.1 Å². The number of nitrogens with zero attached hydrogens (tertiary/aromatic N) is 3. The number of rotatable bonds is 3. The van der Waals surface area contributed by atoms with Gasteiger partial charge in [-0.2, -0.15) is 0 Å². The van der Waals surface area contributed by atoms with Crippen LogP contribution in [0.2, 0.25) is 0 Å². The zero-order chi connectivity index (χ0) is 20.0. The molecule has 4 rings (SSSR count). The molecule has 1 aromatic heterocycles. The molecule has 3 aromatic rings. The highest BCUT2D eigenvalue weighted by Crippen LogP contribution is 2.39. The highest BCUT2D eigenvalue weighted by Gasteiger charge is 2.33. The lowest BCUT2D eigenvalue weighted by atomic mass is 10.0. The second-order valence-corrected chi connectivity index (χ2v) is 6.62. The second-order valence-electron chi connectivity index (χ2n) is 6.62. The Labute approximate surface area is 158 Å². The van der Waals surface area contributed by atoms with Crippen LogP contribution in [0.4, 0.5) is 8.78 Å². The molecule has 2 aromatic carbocycles. The third-order valence-corrected chi connectivity index (χ3v) is 4.64. The zero-order valence-electron chi connectivity index (χ0n) is 15.1. The van der Waals surface area contributed by atoms with Gasteiger partial charge in [0.1, 0.15) is 23.2 Å². The topological polar surface area (TPSA) is 74.1 Å². The van der Waals surface area contributed by atoms with E-state index in [0.717, 1.165) is 0 Å². The molecule has 0 radical (unpaired) electrons. The maximum atomic E-state index is 14.1. The molecule has 0 amide bonds. The Morgan fingerprint density at radius 1 is 1.18 bits per heavy atom. The molecule has 0 saturated carbocycles. The summed E-state index contributed by atoms with van der Waals surface area (Å²) in [5.74, 6) is -2.15. The van der Waals surface area contributed by atoms with Gasteiger partial charge in [0.15, 0.2) is 5.78 Å². The number of Topliss-reactive ketones (excluding diaryl/α,β-unsaturated/α-hetero) is 1. The van der Waals surface area contributed by atoms with Gasteiger partial charge in [-0.3, -0.25) is 4.79 Å². The number of aromatic nitrogens is 3. The van der Waals surface area contributed by atoms with Gasteiger partial charge in [-0.1, -0.05) is 6.92 Å². The maximum Gasteiger partial charge on any atom is 0.383 e. The summed E-state index contributed by atoms with van der Waals surface area (Å²) in [5, 5.41) is 4.10. The Morgan fingerprint density at radius 3 is 2.61 bits per heavy atom. The molecule has 0 bridgehead atoms. The van der Waals surface area contributed by atoms with Crippen molar-refractivity contribution in [1.29, 1.82) is 0 Å². The monoisotopic (exact) mass is 383 g/mol. The predicted molar refractivity (Wildman–Crippen MR) is 94.8 cm³/mol. The van der Waals surface area contributed by atoms with E-state index in [0.29, 0.717) is 11.5 Å². The quantitative estimate of drug-likeness (QED) is 0.509. The fourth-order valence-corrected chi connectivity index (χ4v) is 3.36. The molecule has 1 aliphatic carbocycles. The summed E-state index contributed by atoms with van der Waals surface area (Å²) in [4.78, 5) is 28.8. The summed E-state index contributed by atoms with van der Waals surface area (Å²) >= 11 is 0. The molecule has 0 aliphatic heterocycles. The van der Waals surface area contributed by atoms with E-state index in [-0.39, 0.29) is 40.8 Å². The van der Waals surface area contributed by atoms with E-state index in [4.69, 9.17) is 4.74 Å². The van der Waals surface area contributed by atoms with Gasteiger partial charge >= 0.3 is 5.97 Å². The summed E-state index contributed by atoms with van der Waals surface area (Å²) in [5.41, 5.74) is 0.879. The summed E-state index contributed by atoms with van der Waals surface area (Å²) in [6, 6.07) is 7.96. The first kappa shape index (κ1) is 18.0. The van der Waals surface area contributed by atoms with E-state index in [9.17, 15) is 18.4 Å². The highest BCUT2D eigenvalue weighted by molar-refractivity contribution is 6.04. The lowest BCUT2D eigenvalue weighted by Crippen LogP contribution is -2.13. The average molecular weight is 383 g/mol. The lowest BCUT2D eigenvalue weighted by molar-refractivity contribution is 0.0720. The fourth-order valence-electron chi connectivity index (χ4n) is 3.36. The van der Waals surface area contributed by atoms with E-state index in [1.807, 2.05) is 0 Å². The van der Waals surface area contributed by atoms with Gasteiger partial charge in [0.2, 0.25) is 0 Å². The van der Waals surface area contributed by atoms with Crippen LogP contribution >= 0.6 is 0 Å². The SMILES string of the molecule is Cc1nc(C(=O)Oc2ccc(F)c3c2C(=O)C[C@H]3C)nn1-c1ccc(F)cc1. The molecule has 0 spiro atoms. The average Bonchev–Trinajstić information content (AvgIpc) is 3.18. The number of benzene rings is 2. The molecule has 8 heteroatoms. The van der Waals surface area contributed by atoms with Crippen molar-refractivity contribution in [1.82, 2.24) is 14.8 Å². The van der Waals surface area contributed by atoms with Crippen molar-refractivity contribution in [3.05, 3.63) is 70.8 Å². The van der Waals surface area contributed by atoms with Crippen LogP contribution in [0.1, 0.15) is 51.6 Å². The first-order valence-electron chi connectivity index (χ1n) is 8.62. The van der Waals surface area contributed by atoms with Crippen LogP contribution in [0.5, 0.6) is 5.75 Å². The van der Waals surface area contributed by atoms with E-state index < -0.39 is 17.6 Å². The molecule has 0 unspecified atom stereocenters. The lowest BCUT2D eigenvalue weighted by Gasteiger charge is -2.09. The number of ether oxygens (including phenoxy) is 1. The minimum absolute atomic E-state index is 0.00784. The Balaban J connectivity index is 1.65. The standard InChI is InChI=1S/C20H15F2N3O3/c1-10-9-15(26)18-16(8-7-14(22)17(10)18)28-20(27)19-23-11(2)25(24-19)13-5-3-12(21)4-6-13/h3-8,10H,9H2,1-2H3/t10-/m1/s1. The maximum absolute atomic E-state index is 14.1. The van der Waals surface area contributed by atoms with Crippen molar-refractivity contribution in [3.8, 4) is 11.4 Å². The number of esters is 1. The van der Waals surface area contributed by atoms with Crippen LogP contribution in [0.15, 0.2) is 36.4 Å². The van der Waals surface area contributed by atoms with E-state index in [1.165, 1.54) is 41.1 Å². The van der Waals surface area contributed by atoms with Gasteiger partial charge in [0, 0.05) is 12.0 Å². The van der Waals surface area contributed by atoms with E-state index >= 15 is 0 Å². The summed E-state index contributed by atoms with van der Waals surface area (Å²) in [6.07, 6.45) is 0.164. The number of carbonyl (C=O) groups is 2. The Bertz CT molecular complexity index is 1110. The van der Waals surface area contributed by atoms with Crippen LogP contribution in [0, 0.1) is 18.6 Å². The van der Waals surface area contributed by atoms with Crippen molar-refractivity contribution in [2.24, 2.45) is 0 Å². The highest BCUT2D eigenvalue weighted by atomic mass is 19.1.